The molecule has 2 aliphatic carbocycles. The number of para-hydroxylation sites is 2. The number of anilines is 3. The van der Waals surface area contributed by atoms with Gasteiger partial charge < -0.3 is 9.64 Å². The maximum atomic E-state index is 6.73. The van der Waals surface area contributed by atoms with Crippen molar-refractivity contribution in [1.29, 1.82) is 0 Å². The van der Waals surface area contributed by atoms with Crippen LogP contribution in [0, 0.1) is 0 Å². The van der Waals surface area contributed by atoms with Crippen LogP contribution in [0.4, 0.5) is 17.1 Å². The second kappa shape index (κ2) is 13.0. The molecule has 4 aliphatic rings. The lowest BCUT2D eigenvalue weighted by atomic mass is 9.66. The highest BCUT2D eigenvalue weighted by Gasteiger charge is 2.53. The van der Waals surface area contributed by atoms with Crippen molar-refractivity contribution in [2.75, 3.05) is 4.90 Å². The number of ether oxygens (including phenoxy) is 1. The Morgan fingerprint density at radius 1 is 0.333 bits per heavy atom. The monoisotopic (exact) mass is 819 g/mol. The molecular weight excluding hydrogens is 783 g/mol. The van der Waals surface area contributed by atoms with E-state index in [-0.39, 0.29) is 0 Å². The number of nitrogens with zero attached hydrogens (tertiary/aromatic N) is 1. The number of fused-ring (bicyclic) bond motifs is 19. The Kier molecular flexibility index (Phi) is 7.21. The van der Waals surface area contributed by atoms with Crippen molar-refractivity contribution in [3.63, 3.8) is 0 Å². The van der Waals surface area contributed by atoms with Gasteiger partial charge in [-0.15, -0.1) is 0 Å². The Labute approximate surface area is 370 Å². The molecule has 294 valence electrons. The van der Waals surface area contributed by atoms with Crippen molar-refractivity contribution < 1.29 is 4.74 Å². The summed E-state index contributed by atoms with van der Waals surface area (Å²) in [6, 6.07) is 83.4. The highest BCUT2D eigenvalue weighted by molar-refractivity contribution is 7.99. The third kappa shape index (κ3) is 4.54. The van der Waals surface area contributed by atoms with E-state index < -0.39 is 10.8 Å². The zero-order chi connectivity index (χ0) is 41.3. The maximum Gasteiger partial charge on any atom is 0.132 e. The van der Waals surface area contributed by atoms with Gasteiger partial charge in [-0.05, 0) is 115 Å². The molecule has 0 saturated heterocycles. The van der Waals surface area contributed by atoms with Crippen LogP contribution >= 0.6 is 11.8 Å². The van der Waals surface area contributed by atoms with E-state index in [4.69, 9.17) is 4.74 Å². The molecule has 0 unspecified atom stereocenters. The SMILES string of the molecule is c1ccc2c(c1)Oc1ccccc1C21c2ccccc2-c2ccc(N(c3ccc4ccccc4c3)c3cccc4c3-c3ccccc3C43c4ccccc4Sc4ccccc43)cc21. The van der Waals surface area contributed by atoms with Gasteiger partial charge in [-0.2, -0.15) is 0 Å². The minimum atomic E-state index is -0.592. The highest BCUT2D eigenvalue weighted by Crippen LogP contribution is 2.66. The van der Waals surface area contributed by atoms with Gasteiger partial charge in [0, 0.05) is 37.9 Å². The molecule has 14 rings (SSSR count). The van der Waals surface area contributed by atoms with Gasteiger partial charge in [0.25, 0.3) is 0 Å². The lowest BCUT2D eigenvalue weighted by Crippen LogP contribution is -2.32. The number of rotatable bonds is 3. The van der Waals surface area contributed by atoms with E-state index in [1.807, 2.05) is 11.8 Å². The zero-order valence-corrected chi connectivity index (χ0v) is 34.9. The van der Waals surface area contributed by atoms with Gasteiger partial charge in [0.1, 0.15) is 11.5 Å². The van der Waals surface area contributed by atoms with Crippen LogP contribution in [0.1, 0.15) is 44.5 Å². The molecule has 3 heteroatoms. The predicted molar refractivity (Wildman–Crippen MR) is 257 cm³/mol. The lowest BCUT2D eigenvalue weighted by Gasteiger charge is -2.40. The molecule has 2 aliphatic heterocycles. The summed E-state index contributed by atoms with van der Waals surface area (Å²) >= 11 is 1.89. The first-order chi connectivity index (χ1) is 31.2. The maximum absolute atomic E-state index is 6.73. The van der Waals surface area contributed by atoms with Gasteiger partial charge in [0.15, 0.2) is 0 Å². The lowest BCUT2D eigenvalue weighted by molar-refractivity contribution is 0.436. The zero-order valence-electron chi connectivity index (χ0n) is 34.1. The summed E-state index contributed by atoms with van der Waals surface area (Å²) in [4.78, 5) is 5.14. The van der Waals surface area contributed by atoms with Crippen LogP contribution in [-0.4, -0.2) is 0 Å². The third-order valence-electron chi connectivity index (χ3n) is 14.2. The van der Waals surface area contributed by atoms with E-state index in [0.29, 0.717) is 0 Å². The summed E-state index contributed by atoms with van der Waals surface area (Å²) in [5.41, 5.74) is 17.5. The Balaban J connectivity index is 1.09. The van der Waals surface area contributed by atoms with Gasteiger partial charge >= 0.3 is 0 Å². The Bertz CT molecular complexity index is 3480. The fourth-order valence-electron chi connectivity index (χ4n) is 11.8. The molecule has 63 heavy (non-hydrogen) atoms. The predicted octanol–water partition coefficient (Wildman–Crippen LogP) is 15.6. The fraction of sp³-hybridized carbons (Fsp3) is 0.0333. The average molecular weight is 820 g/mol. The molecule has 0 saturated carbocycles. The number of benzene rings is 10. The van der Waals surface area contributed by atoms with Crippen molar-refractivity contribution in [3.05, 3.63) is 269 Å². The minimum absolute atomic E-state index is 0.491. The molecule has 10 aromatic rings. The molecule has 0 radical (unpaired) electrons. The van der Waals surface area contributed by atoms with Gasteiger partial charge in [0.2, 0.25) is 0 Å². The minimum Gasteiger partial charge on any atom is -0.457 e. The Hall–Kier alpha value is -7.59. The van der Waals surface area contributed by atoms with E-state index >= 15 is 0 Å². The third-order valence-corrected chi connectivity index (χ3v) is 15.3. The van der Waals surface area contributed by atoms with Gasteiger partial charge in [0.05, 0.1) is 16.5 Å². The Morgan fingerprint density at radius 2 is 0.825 bits per heavy atom. The number of hydrogen-bond acceptors (Lipinski definition) is 3. The van der Waals surface area contributed by atoms with Crippen LogP contribution in [0.3, 0.4) is 0 Å². The van der Waals surface area contributed by atoms with E-state index in [0.717, 1.165) is 39.7 Å². The van der Waals surface area contributed by atoms with Crippen molar-refractivity contribution in [2.24, 2.45) is 0 Å². The molecule has 0 atom stereocenters. The molecule has 0 N–H and O–H groups in total. The average Bonchev–Trinajstić information content (AvgIpc) is 3.80. The van der Waals surface area contributed by atoms with E-state index in [2.05, 4.69) is 229 Å². The first-order valence-corrected chi connectivity index (χ1v) is 22.6. The smallest absolute Gasteiger partial charge is 0.132 e. The molecular formula is C60H37NOS. The molecule has 0 bridgehead atoms. The molecule has 10 aromatic carbocycles. The molecule has 0 amide bonds. The summed E-state index contributed by atoms with van der Waals surface area (Å²) in [6.07, 6.45) is 0. The largest absolute Gasteiger partial charge is 0.457 e. The van der Waals surface area contributed by atoms with Crippen LogP contribution in [-0.2, 0) is 10.8 Å². The van der Waals surface area contributed by atoms with Gasteiger partial charge in [-0.1, -0.05) is 182 Å². The first-order valence-electron chi connectivity index (χ1n) is 21.7. The van der Waals surface area contributed by atoms with Crippen LogP contribution in [0.15, 0.2) is 234 Å². The van der Waals surface area contributed by atoms with Crippen LogP contribution in [0.2, 0.25) is 0 Å². The molecule has 0 fully saturated rings. The van der Waals surface area contributed by atoms with Crippen molar-refractivity contribution in [2.45, 2.75) is 20.6 Å². The fourth-order valence-corrected chi connectivity index (χ4v) is 13.0. The van der Waals surface area contributed by atoms with E-state index in [1.165, 1.54) is 76.2 Å². The van der Waals surface area contributed by atoms with Crippen molar-refractivity contribution in [1.82, 2.24) is 0 Å². The highest BCUT2D eigenvalue weighted by atomic mass is 32.2. The molecule has 2 nitrogen and oxygen atoms in total. The molecule has 2 spiro atoms. The van der Waals surface area contributed by atoms with Gasteiger partial charge in [-0.3, -0.25) is 0 Å². The van der Waals surface area contributed by atoms with E-state index in [1.54, 1.807) is 0 Å². The summed E-state index contributed by atoms with van der Waals surface area (Å²) in [7, 11) is 0. The van der Waals surface area contributed by atoms with Gasteiger partial charge in [-0.25, -0.2) is 0 Å². The normalized spacial score (nSPS) is 14.7. The summed E-state index contributed by atoms with van der Waals surface area (Å²) in [5, 5.41) is 2.42. The van der Waals surface area contributed by atoms with Crippen molar-refractivity contribution >= 4 is 39.6 Å². The second-order valence-corrected chi connectivity index (χ2v) is 18.2. The molecule has 0 aromatic heterocycles. The topological polar surface area (TPSA) is 12.5 Å². The van der Waals surface area contributed by atoms with E-state index in [9.17, 15) is 0 Å². The van der Waals surface area contributed by atoms with Crippen LogP contribution < -0.4 is 9.64 Å². The standard InChI is InChI=1S/C60H37NOS/c1-2-17-39-36-40(33-32-38(39)16-1)61(41-34-35-43-42-18-3-5-20-45(42)59(52(43)37-41)47-22-7-11-28-54(47)62-55-29-12-8-23-48(55)59)53-27-15-26-51-58(53)44-19-4-6-21-46(44)60(51)49-24-9-13-30-56(49)63-57-31-14-10-25-50(57)60/h1-37H. The molecule has 2 heterocycles. The second-order valence-electron chi connectivity index (χ2n) is 17.1. The summed E-state index contributed by atoms with van der Waals surface area (Å²) in [5.74, 6) is 1.79. The van der Waals surface area contributed by atoms with Crippen LogP contribution in [0.25, 0.3) is 33.0 Å². The first kappa shape index (κ1) is 35.1. The number of hydrogen-bond donors (Lipinski definition) is 0. The summed E-state index contributed by atoms with van der Waals surface area (Å²) < 4.78 is 6.73. The van der Waals surface area contributed by atoms with Crippen LogP contribution in [0.5, 0.6) is 11.5 Å². The Morgan fingerprint density at radius 3 is 1.54 bits per heavy atom. The summed E-state index contributed by atoms with van der Waals surface area (Å²) in [6.45, 7) is 0. The quantitative estimate of drug-likeness (QED) is 0.176. The van der Waals surface area contributed by atoms with Crippen molar-refractivity contribution in [3.8, 4) is 33.8 Å².